The zero-order chi connectivity index (χ0) is 20.1. The number of benzene rings is 2. The summed E-state index contributed by atoms with van der Waals surface area (Å²) in [6.07, 6.45) is 2.20. The number of carbonyl (C=O) groups excluding carboxylic acids is 1. The molecule has 1 saturated heterocycles. The maximum atomic E-state index is 12.6. The van der Waals surface area contributed by atoms with Gasteiger partial charge < -0.3 is 9.84 Å². The molecule has 0 radical (unpaired) electrons. The lowest BCUT2D eigenvalue weighted by Gasteiger charge is -2.13. The summed E-state index contributed by atoms with van der Waals surface area (Å²) in [6, 6.07) is 15.6. The minimum atomic E-state index is -0.880. The number of thiocarbonyl (C=S) groups is 1. The minimum Gasteiger partial charge on any atom is -0.496 e. The van der Waals surface area contributed by atoms with E-state index < -0.39 is 5.97 Å². The third-order valence-electron chi connectivity index (χ3n) is 4.25. The van der Waals surface area contributed by atoms with Gasteiger partial charge in [-0.1, -0.05) is 60.4 Å². The number of carboxylic acid groups (broad SMARTS) is 1. The summed E-state index contributed by atoms with van der Waals surface area (Å²) >= 11 is 6.53. The summed E-state index contributed by atoms with van der Waals surface area (Å²) in [7, 11) is 1.64. The number of rotatable bonds is 7. The number of carbonyl (C=O) groups is 2. The van der Waals surface area contributed by atoms with E-state index in [2.05, 4.69) is 0 Å². The maximum Gasteiger partial charge on any atom is 0.303 e. The van der Waals surface area contributed by atoms with Crippen LogP contribution in [0.1, 0.15) is 18.4 Å². The van der Waals surface area contributed by atoms with E-state index in [4.69, 9.17) is 22.1 Å². The Labute approximate surface area is 173 Å². The van der Waals surface area contributed by atoms with Crippen molar-refractivity contribution in [2.45, 2.75) is 12.8 Å². The van der Waals surface area contributed by atoms with Crippen molar-refractivity contribution in [1.82, 2.24) is 4.90 Å². The van der Waals surface area contributed by atoms with Gasteiger partial charge in [0.25, 0.3) is 5.91 Å². The summed E-state index contributed by atoms with van der Waals surface area (Å²) in [5, 5.41) is 8.76. The van der Waals surface area contributed by atoms with Crippen molar-refractivity contribution in [3.8, 4) is 16.9 Å². The Hall–Kier alpha value is -2.64. The van der Waals surface area contributed by atoms with Crippen molar-refractivity contribution < 1.29 is 19.4 Å². The minimum absolute atomic E-state index is 0.0110. The van der Waals surface area contributed by atoms with E-state index >= 15 is 0 Å². The van der Waals surface area contributed by atoms with E-state index in [0.29, 0.717) is 22.2 Å². The molecule has 0 aliphatic carbocycles. The average Bonchev–Trinajstić information content (AvgIpc) is 2.95. The zero-order valence-corrected chi connectivity index (χ0v) is 16.9. The van der Waals surface area contributed by atoms with Gasteiger partial charge in [-0.05, 0) is 35.8 Å². The highest BCUT2D eigenvalue weighted by Gasteiger charge is 2.31. The Kier molecular flexibility index (Phi) is 6.49. The first-order valence-electron chi connectivity index (χ1n) is 8.70. The first kappa shape index (κ1) is 20.1. The highest BCUT2D eigenvalue weighted by molar-refractivity contribution is 8.26. The van der Waals surface area contributed by atoms with E-state index in [1.54, 1.807) is 7.11 Å². The number of carboxylic acids is 1. The molecule has 0 atom stereocenters. The molecule has 3 rings (SSSR count). The number of hydrogen-bond donors (Lipinski definition) is 1. The Morgan fingerprint density at radius 2 is 2.04 bits per heavy atom. The number of nitrogens with zero attached hydrogens (tertiary/aromatic N) is 1. The lowest BCUT2D eigenvalue weighted by Crippen LogP contribution is -2.29. The summed E-state index contributed by atoms with van der Waals surface area (Å²) in [4.78, 5) is 25.3. The van der Waals surface area contributed by atoms with Crippen LogP contribution in [0.5, 0.6) is 5.75 Å². The molecule has 0 aromatic heterocycles. The second-order valence-electron chi connectivity index (χ2n) is 6.16. The molecule has 1 aliphatic rings. The molecule has 144 valence electrons. The zero-order valence-electron chi connectivity index (χ0n) is 15.3. The summed E-state index contributed by atoms with van der Waals surface area (Å²) in [5.41, 5.74) is 2.85. The number of methoxy groups -OCH3 is 1. The summed E-state index contributed by atoms with van der Waals surface area (Å²) < 4.78 is 5.89. The number of amides is 1. The average molecular weight is 414 g/mol. The summed E-state index contributed by atoms with van der Waals surface area (Å²) in [6.45, 7) is 0.315. The van der Waals surface area contributed by atoms with Crippen LogP contribution in [0, 0.1) is 0 Å². The van der Waals surface area contributed by atoms with E-state index in [0.717, 1.165) is 22.4 Å². The number of aliphatic carboxylic acids is 1. The Morgan fingerprint density at radius 3 is 2.79 bits per heavy atom. The molecule has 1 fully saturated rings. The maximum absolute atomic E-state index is 12.6. The van der Waals surface area contributed by atoms with E-state index in [1.165, 1.54) is 16.7 Å². The fraction of sp³-hybridized carbons (Fsp3) is 0.190. The second kappa shape index (κ2) is 9.03. The van der Waals surface area contributed by atoms with Gasteiger partial charge in [-0.25, -0.2) is 0 Å². The van der Waals surface area contributed by atoms with Crippen molar-refractivity contribution in [1.29, 1.82) is 0 Å². The van der Waals surface area contributed by atoms with Crippen LogP contribution in [0.4, 0.5) is 0 Å². The molecule has 2 aromatic carbocycles. The van der Waals surface area contributed by atoms with Crippen LogP contribution in [0.15, 0.2) is 53.4 Å². The predicted molar refractivity (Wildman–Crippen MR) is 115 cm³/mol. The molecule has 1 heterocycles. The molecule has 5 nitrogen and oxygen atoms in total. The molecule has 28 heavy (non-hydrogen) atoms. The molecule has 0 bridgehead atoms. The molecular formula is C21H19NO4S2. The van der Waals surface area contributed by atoms with Crippen molar-refractivity contribution in [2.75, 3.05) is 13.7 Å². The van der Waals surface area contributed by atoms with Gasteiger partial charge in [0.1, 0.15) is 10.1 Å². The van der Waals surface area contributed by atoms with Crippen LogP contribution in [-0.4, -0.2) is 39.9 Å². The van der Waals surface area contributed by atoms with Gasteiger partial charge >= 0.3 is 5.97 Å². The number of hydrogen-bond acceptors (Lipinski definition) is 5. The van der Waals surface area contributed by atoms with Crippen LogP contribution in [0.25, 0.3) is 17.2 Å². The number of ether oxygens (including phenoxy) is 1. The second-order valence-corrected chi connectivity index (χ2v) is 7.83. The fourth-order valence-corrected chi connectivity index (χ4v) is 4.22. The van der Waals surface area contributed by atoms with Gasteiger partial charge in [0.15, 0.2) is 0 Å². The quantitative estimate of drug-likeness (QED) is 0.535. The van der Waals surface area contributed by atoms with Crippen LogP contribution in [0.3, 0.4) is 0 Å². The van der Waals surface area contributed by atoms with Crippen LogP contribution in [-0.2, 0) is 9.59 Å². The van der Waals surface area contributed by atoms with E-state index in [9.17, 15) is 9.59 Å². The van der Waals surface area contributed by atoms with Crippen LogP contribution in [0.2, 0.25) is 0 Å². The third kappa shape index (κ3) is 4.61. The van der Waals surface area contributed by atoms with Gasteiger partial charge in [0.2, 0.25) is 0 Å². The van der Waals surface area contributed by atoms with Crippen LogP contribution >= 0.6 is 24.0 Å². The first-order chi connectivity index (χ1) is 13.5. The smallest absolute Gasteiger partial charge is 0.303 e. The predicted octanol–water partition coefficient (Wildman–Crippen LogP) is 4.43. The Balaban J connectivity index is 1.81. The lowest BCUT2D eigenvalue weighted by atomic mass is 10.0. The molecule has 1 aliphatic heterocycles. The molecule has 0 saturated carbocycles. The lowest BCUT2D eigenvalue weighted by molar-refractivity contribution is -0.137. The van der Waals surface area contributed by atoms with Gasteiger partial charge in [-0.15, -0.1) is 0 Å². The van der Waals surface area contributed by atoms with Gasteiger partial charge in [-0.2, -0.15) is 0 Å². The molecular weight excluding hydrogens is 394 g/mol. The first-order valence-corrected chi connectivity index (χ1v) is 9.92. The van der Waals surface area contributed by atoms with Crippen LogP contribution < -0.4 is 4.74 Å². The highest BCUT2D eigenvalue weighted by atomic mass is 32.2. The Morgan fingerprint density at radius 1 is 1.25 bits per heavy atom. The normalized spacial score (nSPS) is 15.3. The molecule has 2 aromatic rings. The molecule has 1 N–H and O–H groups in total. The van der Waals surface area contributed by atoms with Gasteiger partial charge in [-0.3, -0.25) is 14.5 Å². The van der Waals surface area contributed by atoms with E-state index in [-0.39, 0.29) is 12.3 Å². The Bertz CT molecular complexity index is 955. The van der Waals surface area contributed by atoms with Crippen molar-refractivity contribution >= 4 is 46.3 Å². The van der Waals surface area contributed by atoms with Crippen molar-refractivity contribution in [3.63, 3.8) is 0 Å². The monoisotopic (exact) mass is 413 g/mol. The fourth-order valence-electron chi connectivity index (χ4n) is 2.91. The standard InChI is InChI=1S/C21H19NO4S2/c1-26-17-9-3-2-8-16(17)15-7-4-6-14(12-15)13-18-20(25)22(21(27)28-18)11-5-10-19(23)24/h2-4,6-9,12-13H,5,10-11H2,1H3,(H,23,24)/b18-13-. The largest absolute Gasteiger partial charge is 0.496 e. The van der Waals surface area contributed by atoms with Crippen molar-refractivity contribution in [2.24, 2.45) is 0 Å². The summed E-state index contributed by atoms with van der Waals surface area (Å²) in [5.74, 6) is -0.276. The third-order valence-corrected chi connectivity index (χ3v) is 5.63. The number of thioether (sulfide) groups is 1. The molecule has 0 unspecified atom stereocenters. The molecule has 0 spiro atoms. The van der Waals surface area contributed by atoms with Crippen molar-refractivity contribution in [3.05, 3.63) is 59.0 Å². The van der Waals surface area contributed by atoms with Gasteiger partial charge in [0, 0.05) is 18.5 Å². The molecule has 1 amide bonds. The van der Waals surface area contributed by atoms with E-state index in [1.807, 2.05) is 54.6 Å². The number of para-hydroxylation sites is 1. The highest BCUT2D eigenvalue weighted by Crippen LogP contribution is 2.34. The topological polar surface area (TPSA) is 66.8 Å². The van der Waals surface area contributed by atoms with Gasteiger partial charge in [0.05, 0.1) is 12.0 Å². The SMILES string of the molecule is COc1ccccc1-c1cccc(/C=C2\SC(=S)N(CCCC(=O)O)C2=O)c1. The molecule has 7 heteroatoms.